The van der Waals surface area contributed by atoms with Gasteiger partial charge in [0.1, 0.15) is 13.2 Å². The first-order valence-corrected chi connectivity index (χ1v) is 33.6. The minimum atomic E-state index is -0.772. The third-order valence-electron chi connectivity index (χ3n) is 15.1. The molecule has 0 rings (SSSR count). The predicted octanol–water partition coefficient (Wildman–Crippen LogP) is 22.9. The quantitative estimate of drug-likeness (QED) is 0.0261. The van der Waals surface area contributed by atoms with Crippen LogP contribution in [-0.2, 0) is 28.6 Å². The summed E-state index contributed by atoms with van der Waals surface area (Å²) in [5, 5.41) is 0. The van der Waals surface area contributed by atoms with Crippen LogP contribution in [0, 0.1) is 0 Å². The Labute approximate surface area is 473 Å². The van der Waals surface area contributed by atoms with E-state index in [4.69, 9.17) is 14.2 Å². The van der Waals surface area contributed by atoms with E-state index in [9.17, 15) is 14.4 Å². The molecular weight excluding hydrogens is 937 g/mol. The molecule has 444 valence electrons. The molecule has 0 aromatic rings. The van der Waals surface area contributed by atoms with Crippen molar-refractivity contribution in [3.05, 3.63) is 48.6 Å². The lowest BCUT2D eigenvalue weighted by atomic mass is 10.0. The molecular formula is C70H128O6. The van der Waals surface area contributed by atoms with Crippen molar-refractivity contribution < 1.29 is 28.6 Å². The minimum absolute atomic E-state index is 0.0687. The highest BCUT2D eigenvalue weighted by molar-refractivity contribution is 5.71. The Morgan fingerprint density at radius 3 is 0.803 bits per heavy atom. The predicted molar refractivity (Wildman–Crippen MR) is 330 cm³/mol. The Morgan fingerprint density at radius 1 is 0.276 bits per heavy atom. The van der Waals surface area contributed by atoms with E-state index >= 15 is 0 Å². The summed E-state index contributed by atoms with van der Waals surface area (Å²) >= 11 is 0. The summed E-state index contributed by atoms with van der Waals surface area (Å²) in [5.41, 5.74) is 0. The number of hydrogen-bond acceptors (Lipinski definition) is 6. The molecule has 0 aliphatic carbocycles. The molecule has 0 bridgehead atoms. The van der Waals surface area contributed by atoms with E-state index in [1.807, 2.05) is 0 Å². The Hall–Kier alpha value is -2.63. The monoisotopic (exact) mass is 1060 g/mol. The number of ether oxygens (including phenoxy) is 3. The van der Waals surface area contributed by atoms with Gasteiger partial charge in [-0.1, -0.05) is 333 Å². The average Bonchev–Trinajstić information content (AvgIpc) is 3.42. The Morgan fingerprint density at radius 2 is 0.513 bits per heavy atom. The van der Waals surface area contributed by atoms with Gasteiger partial charge in [-0.3, -0.25) is 14.4 Å². The van der Waals surface area contributed by atoms with Gasteiger partial charge in [-0.15, -0.1) is 0 Å². The van der Waals surface area contributed by atoms with E-state index in [-0.39, 0.29) is 31.1 Å². The number of hydrogen-bond donors (Lipinski definition) is 0. The van der Waals surface area contributed by atoms with Crippen molar-refractivity contribution in [1.82, 2.24) is 0 Å². The van der Waals surface area contributed by atoms with Crippen LogP contribution >= 0.6 is 0 Å². The van der Waals surface area contributed by atoms with Gasteiger partial charge in [0, 0.05) is 19.3 Å². The fraction of sp³-hybridized carbons (Fsp3) is 0.843. The zero-order valence-corrected chi connectivity index (χ0v) is 51.0. The Balaban J connectivity index is 4.24. The summed E-state index contributed by atoms with van der Waals surface area (Å²) in [5.74, 6) is -0.848. The van der Waals surface area contributed by atoms with Crippen LogP contribution in [-0.4, -0.2) is 37.2 Å². The van der Waals surface area contributed by atoms with Gasteiger partial charge in [0.05, 0.1) is 0 Å². The molecule has 0 saturated carbocycles. The molecule has 0 aliphatic rings. The van der Waals surface area contributed by atoms with E-state index in [1.54, 1.807) is 0 Å². The maximum atomic E-state index is 12.9. The molecule has 0 N–H and O–H groups in total. The lowest BCUT2D eigenvalue weighted by Crippen LogP contribution is -2.30. The SMILES string of the molecule is CC/C=C\C/C=C\C/C=C\C/C=C\CCCCCCCCCCCCC(=O)OCC(COC(=O)CCCCCCCCCCCCCC)OC(=O)CCCCCCCCCCCCCCCCCCCCCCCCC. The largest absolute Gasteiger partial charge is 0.462 e. The fourth-order valence-electron chi connectivity index (χ4n) is 10.1. The number of carbonyl (C=O) groups is 3. The van der Waals surface area contributed by atoms with Crippen molar-refractivity contribution in [2.24, 2.45) is 0 Å². The van der Waals surface area contributed by atoms with Crippen molar-refractivity contribution in [3.63, 3.8) is 0 Å². The summed E-state index contributed by atoms with van der Waals surface area (Å²) in [6.45, 7) is 6.59. The summed E-state index contributed by atoms with van der Waals surface area (Å²) < 4.78 is 17.0. The molecule has 0 aromatic carbocycles. The summed E-state index contributed by atoms with van der Waals surface area (Å²) in [6, 6.07) is 0. The van der Waals surface area contributed by atoms with Crippen LogP contribution in [0.5, 0.6) is 0 Å². The molecule has 0 heterocycles. The molecule has 1 unspecified atom stereocenters. The van der Waals surface area contributed by atoms with Gasteiger partial charge in [-0.05, 0) is 57.8 Å². The molecule has 6 nitrogen and oxygen atoms in total. The van der Waals surface area contributed by atoms with Gasteiger partial charge < -0.3 is 14.2 Å². The molecule has 76 heavy (non-hydrogen) atoms. The van der Waals surface area contributed by atoms with Crippen molar-refractivity contribution in [2.45, 2.75) is 367 Å². The van der Waals surface area contributed by atoms with Crippen molar-refractivity contribution in [1.29, 1.82) is 0 Å². The maximum absolute atomic E-state index is 12.9. The molecule has 0 radical (unpaired) electrons. The van der Waals surface area contributed by atoms with Gasteiger partial charge in [0.2, 0.25) is 0 Å². The molecule has 0 saturated heterocycles. The first kappa shape index (κ1) is 73.4. The molecule has 0 aliphatic heterocycles. The van der Waals surface area contributed by atoms with E-state index < -0.39 is 6.10 Å². The van der Waals surface area contributed by atoms with Gasteiger partial charge in [0.15, 0.2) is 6.10 Å². The van der Waals surface area contributed by atoms with Gasteiger partial charge in [-0.25, -0.2) is 0 Å². The fourth-order valence-corrected chi connectivity index (χ4v) is 10.1. The highest BCUT2D eigenvalue weighted by atomic mass is 16.6. The van der Waals surface area contributed by atoms with Crippen LogP contribution in [0.3, 0.4) is 0 Å². The number of unbranched alkanes of at least 4 members (excludes halogenated alkanes) is 43. The smallest absolute Gasteiger partial charge is 0.306 e. The van der Waals surface area contributed by atoms with Crippen molar-refractivity contribution in [3.8, 4) is 0 Å². The van der Waals surface area contributed by atoms with Crippen LogP contribution in [0.1, 0.15) is 361 Å². The van der Waals surface area contributed by atoms with Crippen LogP contribution < -0.4 is 0 Å². The molecule has 0 fully saturated rings. The van der Waals surface area contributed by atoms with Crippen LogP contribution in [0.15, 0.2) is 48.6 Å². The molecule has 6 heteroatoms. The van der Waals surface area contributed by atoms with E-state index in [2.05, 4.69) is 69.4 Å². The summed E-state index contributed by atoms with van der Waals surface area (Å²) in [6.07, 6.45) is 81.3. The number of esters is 3. The van der Waals surface area contributed by atoms with Crippen LogP contribution in [0.25, 0.3) is 0 Å². The highest BCUT2D eigenvalue weighted by Crippen LogP contribution is 2.18. The van der Waals surface area contributed by atoms with Crippen molar-refractivity contribution >= 4 is 17.9 Å². The Bertz CT molecular complexity index is 1310. The highest BCUT2D eigenvalue weighted by Gasteiger charge is 2.19. The molecule has 0 aromatic heterocycles. The third kappa shape index (κ3) is 62.2. The van der Waals surface area contributed by atoms with Crippen LogP contribution in [0.4, 0.5) is 0 Å². The molecule has 0 amide bonds. The summed E-state index contributed by atoms with van der Waals surface area (Å²) in [4.78, 5) is 38.3. The molecule has 0 spiro atoms. The number of carbonyl (C=O) groups excluding carboxylic acids is 3. The lowest BCUT2D eigenvalue weighted by Gasteiger charge is -2.18. The molecule has 1 atom stereocenters. The number of allylic oxidation sites excluding steroid dienone is 8. The zero-order chi connectivity index (χ0) is 55.0. The van der Waals surface area contributed by atoms with E-state index in [1.165, 1.54) is 238 Å². The third-order valence-corrected chi connectivity index (χ3v) is 15.1. The minimum Gasteiger partial charge on any atom is -0.462 e. The second-order valence-electron chi connectivity index (χ2n) is 22.7. The average molecular weight is 1070 g/mol. The van der Waals surface area contributed by atoms with E-state index in [0.717, 1.165) is 83.5 Å². The summed E-state index contributed by atoms with van der Waals surface area (Å²) in [7, 11) is 0. The lowest BCUT2D eigenvalue weighted by molar-refractivity contribution is -0.167. The normalized spacial score (nSPS) is 12.3. The van der Waals surface area contributed by atoms with Crippen LogP contribution in [0.2, 0.25) is 0 Å². The first-order valence-electron chi connectivity index (χ1n) is 33.6. The number of rotatable bonds is 62. The second-order valence-corrected chi connectivity index (χ2v) is 22.7. The van der Waals surface area contributed by atoms with Gasteiger partial charge in [-0.2, -0.15) is 0 Å². The zero-order valence-electron chi connectivity index (χ0n) is 51.0. The topological polar surface area (TPSA) is 78.9 Å². The van der Waals surface area contributed by atoms with E-state index in [0.29, 0.717) is 19.3 Å². The Kier molecular flexibility index (Phi) is 62.6. The maximum Gasteiger partial charge on any atom is 0.306 e. The first-order chi connectivity index (χ1) is 37.5. The second kappa shape index (κ2) is 64.9. The van der Waals surface area contributed by atoms with Gasteiger partial charge >= 0.3 is 17.9 Å². The van der Waals surface area contributed by atoms with Gasteiger partial charge in [0.25, 0.3) is 0 Å². The van der Waals surface area contributed by atoms with Crippen molar-refractivity contribution in [2.75, 3.05) is 13.2 Å². The standard InChI is InChI=1S/C70H128O6/c1-4-7-10-13-16-19-22-25-27-29-31-33-35-37-39-41-43-45-48-51-54-57-60-63-69(72)75-66-67(65-74-68(71)62-59-56-53-50-47-24-21-18-15-12-9-6-3)76-70(73)64-61-58-55-52-49-46-44-42-40-38-36-34-32-30-28-26-23-20-17-14-11-8-5-2/h7,10,16,19,25,27,31,33,67H,4-6,8-9,11-15,17-18,20-24,26,28-30,32,34-66H2,1-3H3/b10-7-,19-16-,27-25-,33-31-.